The number of nitrogens with one attached hydrogen (secondary N) is 2. The molecule has 0 spiro atoms. The Labute approximate surface area is 134 Å². The lowest BCUT2D eigenvalue weighted by atomic mass is 10.1. The van der Waals surface area contributed by atoms with Crippen LogP contribution in [-0.2, 0) is 12.7 Å². The number of nitrogens with zero attached hydrogens (tertiary/aromatic N) is 1. The third-order valence-electron chi connectivity index (χ3n) is 2.93. The Hall–Kier alpha value is -2.13. The Kier molecular flexibility index (Phi) is 5.56. The van der Waals surface area contributed by atoms with Crippen molar-refractivity contribution in [1.82, 2.24) is 15.6 Å². The van der Waals surface area contributed by atoms with Gasteiger partial charge in [0.25, 0.3) is 0 Å². The Bertz CT molecular complexity index is 646. The van der Waals surface area contributed by atoms with E-state index in [1.54, 1.807) is 30.3 Å². The SMILES string of the molecule is O=C(NCc1nc(C(F)(F)F)cs1)N[C@H](CO)c1ccccc1. The summed E-state index contributed by atoms with van der Waals surface area (Å²) in [5.41, 5.74) is -0.254. The van der Waals surface area contributed by atoms with Crippen LogP contribution in [0.4, 0.5) is 18.0 Å². The van der Waals surface area contributed by atoms with Crippen molar-refractivity contribution >= 4 is 17.4 Å². The van der Waals surface area contributed by atoms with Crippen LogP contribution in [0.5, 0.6) is 0 Å². The highest BCUT2D eigenvalue weighted by Crippen LogP contribution is 2.29. The lowest BCUT2D eigenvalue weighted by Gasteiger charge is -2.16. The van der Waals surface area contributed by atoms with E-state index in [2.05, 4.69) is 15.6 Å². The molecule has 1 heterocycles. The average molecular weight is 345 g/mol. The van der Waals surface area contributed by atoms with Gasteiger partial charge < -0.3 is 15.7 Å². The summed E-state index contributed by atoms with van der Waals surface area (Å²) in [6.45, 7) is -0.424. The number of rotatable bonds is 5. The lowest BCUT2D eigenvalue weighted by molar-refractivity contribution is -0.140. The molecule has 0 unspecified atom stereocenters. The number of urea groups is 1. The zero-order valence-electron chi connectivity index (χ0n) is 11.8. The minimum absolute atomic E-state index is 0.125. The highest BCUT2D eigenvalue weighted by molar-refractivity contribution is 7.09. The molecule has 2 aromatic rings. The van der Waals surface area contributed by atoms with Crippen molar-refractivity contribution in [3.63, 3.8) is 0 Å². The van der Waals surface area contributed by atoms with E-state index in [1.165, 1.54) is 0 Å². The third kappa shape index (κ3) is 4.93. The summed E-state index contributed by atoms with van der Waals surface area (Å²) < 4.78 is 37.3. The van der Waals surface area contributed by atoms with Gasteiger partial charge in [0.1, 0.15) is 5.01 Å². The van der Waals surface area contributed by atoms with E-state index in [1.807, 2.05) is 0 Å². The van der Waals surface area contributed by atoms with Crippen molar-refractivity contribution in [2.24, 2.45) is 0 Å². The van der Waals surface area contributed by atoms with Crippen LogP contribution in [0, 0.1) is 0 Å². The highest BCUT2D eigenvalue weighted by atomic mass is 32.1. The first-order chi connectivity index (χ1) is 10.9. The smallest absolute Gasteiger partial charge is 0.394 e. The molecule has 2 rings (SSSR count). The number of carbonyl (C=O) groups is 1. The molecule has 1 aromatic heterocycles. The van der Waals surface area contributed by atoms with E-state index >= 15 is 0 Å². The standard InChI is InChI=1S/C14H14F3N3O2S/c15-14(16,17)11-8-23-12(20-11)6-18-13(22)19-10(7-21)9-4-2-1-3-5-9/h1-5,8,10,21H,6-7H2,(H2,18,19,22)/t10-/m1/s1. The molecule has 0 aliphatic rings. The van der Waals surface area contributed by atoms with E-state index in [0.29, 0.717) is 0 Å². The number of carbonyl (C=O) groups excluding carboxylic acids is 1. The van der Waals surface area contributed by atoms with E-state index < -0.39 is 23.9 Å². The van der Waals surface area contributed by atoms with Crippen LogP contribution in [0.25, 0.3) is 0 Å². The summed E-state index contributed by atoms with van der Waals surface area (Å²) in [6, 6.07) is 7.64. The van der Waals surface area contributed by atoms with Crippen LogP contribution in [0.2, 0.25) is 0 Å². The van der Waals surface area contributed by atoms with Gasteiger partial charge in [0, 0.05) is 5.38 Å². The number of aliphatic hydroxyl groups excluding tert-OH is 1. The summed E-state index contributed by atoms with van der Waals surface area (Å²) in [4.78, 5) is 15.2. The van der Waals surface area contributed by atoms with Crippen molar-refractivity contribution in [3.05, 3.63) is 52.0 Å². The maximum atomic E-state index is 12.4. The van der Waals surface area contributed by atoms with Gasteiger partial charge in [0.05, 0.1) is 19.2 Å². The monoisotopic (exact) mass is 345 g/mol. The van der Waals surface area contributed by atoms with Crippen LogP contribution in [0.3, 0.4) is 0 Å². The fourth-order valence-electron chi connectivity index (χ4n) is 1.81. The number of thiazole rings is 1. The van der Waals surface area contributed by atoms with Gasteiger partial charge in [0.15, 0.2) is 5.69 Å². The predicted octanol–water partition coefficient (Wildman–Crippen LogP) is 2.69. The molecule has 1 aromatic carbocycles. The van der Waals surface area contributed by atoms with E-state index in [4.69, 9.17) is 0 Å². The molecular formula is C14H14F3N3O2S. The second-order valence-electron chi connectivity index (χ2n) is 4.60. The fraction of sp³-hybridized carbons (Fsp3) is 0.286. The van der Waals surface area contributed by atoms with Crippen molar-refractivity contribution in [1.29, 1.82) is 0 Å². The normalized spacial score (nSPS) is 12.7. The van der Waals surface area contributed by atoms with Crippen molar-refractivity contribution in [2.75, 3.05) is 6.61 Å². The molecule has 0 aliphatic heterocycles. The maximum Gasteiger partial charge on any atom is 0.434 e. The Morgan fingerprint density at radius 3 is 2.57 bits per heavy atom. The molecule has 124 valence electrons. The number of aromatic nitrogens is 1. The van der Waals surface area contributed by atoms with Crippen molar-refractivity contribution in [2.45, 2.75) is 18.8 Å². The molecule has 5 nitrogen and oxygen atoms in total. The molecule has 23 heavy (non-hydrogen) atoms. The van der Waals surface area contributed by atoms with Gasteiger partial charge in [-0.1, -0.05) is 30.3 Å². The summed E-state index contributed by atoms with van der Waals surface area (Å²) >= 11 is 0.816. The largest absolute Gasteiger partial charge is 0.434 e. The van der Waals surface area contributed by atoms with Gasteiger partial charge in [-0.25, -0.2) is 9.78 Å². The van der Waals surface area contributed by atoms with Crippen molar-refractivity contribution in [3.8, 4) is 0 Å². The predicted molar refractivity (Wildman–Crippen MR) is 78.8 cm³/mol. The van der Waals surface area contributed by atoms with Gasteiger partial charge >= 0.3 is 12.2 Å². The van der Waals surface area contributed by atoms with Gasteiger partial charge in [0.2, 0.25) is 0 Å². The first-order valence-electron chi connectivity index (χ1n) is 6.62. The second kappa shape index (κ2) is 7.42. The van der Waals surface area contributed by atoms with Gasteiger partial charge in [-0.2, -0.15) is 13.2 Å². The number of amides is 2. The number of aliphatic hydroxyl groups is 1. The summed E-state index contributed by atoms with van der Waals surface area (Å²) in [7, 11) is 0. The zero-order chi connectivity index (χ0) is 16.9. The van der Waals surface area contributed by atoms with Crippen LogP contribution >= 0.6 is 11.3 Å². The molecule has 3 N–H and O–H groups in total. The number of hydrogen-bond donors (Lipinski definition) is 3. The first-order valence-corrected chi connectivity index (χ1v) is 7.50. The fourth-order valence-corrected chi connectivity index (χ4v) is 2.55. The second-order valence-corrected chi connectivity index (χ2v) is 5.54. The van der Waals surface area contributed by atoms with E-state index in [9.17, 15) is 23.1 Å². The van der Waals surface area contributed by atoms with E-state index in [-0.39, 0.29) is 18.2 Å². The number of benzene rings is 1. The highest BCUT2D eigenvalue weighted by Gasteiger charge is 2.33. The minimum atomic E-state index is -4.49. The first kappa shape index (κ1) is 17.2. The lowest BCUT2D eigenvalue weighted by Crippen LogP contribution is -2.38. The maximum absolute atomic E-state index is 12.4. The molecular weight excluding hydrogens is 331 g/mol. The quantitative estimate of drug-likeness (QED) is 0.780. The Morgan fingerprint density at radius 1 is 1.30 bits per heavy atom. The number of halogens is 3. The summed E-state index contributed by atoms with van der Waals surface area (Å²) in [6.07, 6.45) is -4.49. The Morgan fingerprint density at radius 2 is 2.00 bits per heavy atom. The molecule has 0 fully saturated rings. The summed E-state index contributed by atoms with van der Waals surface area (Å²) in [5.74, 6) is 0. The summed E-state index contributed by atoms with van der Waals surface area (Å²) in [5, 5.41) is 15.3. The van der Waals surface area contributed by atoms with Gasteiger partial charge in [-0.3, -0.25) is 0 Å². The average Bonchev–Trinajstić information content (AvgIpc) is 3.00. The molecule has 0 saturated carbocycles. The van der Waals surface area contributed by atoms with Crippen LogP contribution in [0.15, 0.2) is 35.7 Å². The van der Waals surface area contributed by atoms with E-state index in [0.717, 1.165) is 22.3 Å². The molecule has 2 amide bonds. The molecule has 1 atom stereocenters. The topological polar surface area (TPSA) is 74.2 Å². The van der Waals surface area contributed by atoms with Crippen LogP contribution in [-0.4, -0.2) is 22.7 Å². The molecule has 0 aliphatic carbocycles. The molecule has 0 saturated heterocycles. The van der Waals surface area contributed by atoms with Crippen molar-refractivity contribution < 1.29 is 23.1 Å². The minimum Gasteiger partial charge on any atom is -0.394 e. The van der Waals surface area contributed by atoms with Gasteiger partial charge in [-0.05, 0) is 5.56 Å². The number of alkyl halides is 3. The molecule has 0 radical (unpaired) electrons. The number of hydrogen-bond acceptors (Lipinski definition) is 4. The zero-order valence-corrected chi connectivity index (χ0v) is 12.6. The third-order valence-corrected chi connectivity index (χ3v) is 3.78. The van der Waals surface area contributed by atoms with Crippen LogP contribution in [0.1, 0.15) is 22.3 Å². The van der Waals surface area contributed by atoms with Gasteiger partial charge in [-0.15, -0.1) is 11.3 Å². The molecule has 0 bridgehead atoms. The van der Waals surface area contributed by atoms with Crippen LogP contribution < -0.4 is 10.6 Å². The molecule has 9 heteroatoms. The Balaban J connectivity index is 1.88.